The van der Waals surface area contributed by atoms with Crippen LogP contribution >= 0.6 is 0 Å². The second-order valence-corrected chi connectivity index (χ2v) is 4.97. The number of hydrogen-bond donors (Lipinski definition) is 2. The molecular formula is C8H16N2O2Si. The van der Waals surface area contributed by atoms with Gasteiger partial charge in [-0.1, -0.05) is 6.58 Å². The summed E-state index contributed by atoms with van der Waals surface area (Å²) in [5.41, 5.74) is 5.46. The lowest BCUT2D eigenvalue weighted by molar-refractivity contribution is -0.121. The van der Waals surface area contributed by atoms with Gasteiger partial charge in [-0.2, -0.15) is 0 Å². The molecule has 1 unspecified atom stereocenters. The molecule has 1 heterocycles. The van der Waals surface area contributed by atoms with Crippen LogP contribution in [0.3, 0.4) is 0 Å². The van der Waals surface area contributed by atoms with Crippen molar-refractivity contribution in [1.29, 1.82) is 0 Å². The van der Waals surface area contributed by atoms with Crippen molar-refractivity contribution in [2.45, 2.75) is 24.6 Å². The van der Waals surface area contributed by atoms with Crippen LogP contribution in [0.15, 0.2) is 12.7 Å². The lowest BCUT2D eigenvalue weighted by Gasteiger charge is -2.34. The van der Waals surface area contributed by atoms with Crippen molar-refractivity contribution in [3.8, 4) is 0 Å². The maximum absolute atomic E-state index is 10.9. The van der Waals surface area contributed by atoms with E-state index in [9.17, 15) is 4.79 Å². The standard InChI is InChI=1S/C8H16N2O2Si/c1-2-7(11)9-10-8(13)5-3-4-6-12-8/h2,10H,1,3-6H2,13H3,(H,9,11). The molecule has 1 fully saturated rings. The van der Waals surface area contributed by atoms with Crippen molar-refractivity contribution in [3.05, 3.63) is 12.7 Å². The predicted octanol–water partition coefficient (Wildman–Crippen LogP) is -0.987. The third-order valence-electron chi connectivity index (χ3n) is 2.10. The smallest absolute Gasteiger partial charge is 0.257 e. The van der Waals surface area contributed by atoms with E-state index < -0.39 is 0 Å². The Bertz CT molecular complexity index is 202. The van der Waals surface area contributed by atoms with E-state index >= 15 is 0 Å². The van der Waals surface area contributed by atoms with E-state index in [0.717, 1.165) is 36.1 Å². The summed E-state index contributed by atoms with van der Waals surface area (Å²) in [6.45, 7) is 4.14. The summed E-state index contributed by atoms with van der Waals surface area (Å²) >= 11 is 0. The van der Waals surface area contributed by atoms with Gasteiger partial charge in [0.05, 0.1) is 10.2 Å². The summed E-state index contributed by atoms with van der Waals surface area (Å²) in [6.07, 6.45) is 4.47. The van der Waals surface area contributed by atoms with Crippen molar-refractivity contribution >= 4 is 16.1 Å². The molecule has 0 aliphatic carbocycles. The highest BCUT2D eigenvalue weighted by Gasteiger charge is 2.27. The highest BCUT2D eigenvalue weighted by Crippen LogP contribution is 2.17. The summed E-state index contributed by atoms with van der Waals surface area (Å²) in [4.78, 5) is 10.9. The van der Waals surface area contributed by atoms with Crippen molar-refractivity contribution < 1.29 is 9.53 Å². The minimum Gasteiger partial charge on any atom is -0.363 e. The van der Waals surface area contributed by atoms with Crippen molar-refractivity contribution in [3.63, 3.8) is 0 Å². The minimum atomic E-state index is -0.281. The molecular weight excluding hydrogens is 184 g/mol. The molecule has 1 rings (SSSR count). The number of nitrogens with one attached hydrogen (secondary N) is 2. The highest BCUT2D eigenvalue weighted by atomic mass is 28.1. The number of rotatable bonds is 3. The SMILES string of the molecule is C=CC(=O)NNC1([SiH3])CCCCO1. The fraction of sp³-hybridized carbons (Fsp3) is 0.625. The van der Waals surface area contributed by atoms with Crippen molar-refractivity contribution in [2.75, 3.05) is 6.61 Å². The molecule has 1 aliphatic rings. The van der Waals surface area contributed by atoms with Gasteiger partial charge in [0.1, 0.15) is 5.35 Å². The highest BCUT2D eigenvalue weighted by molar-refractivity contribution is 6.14. The van der Waals surface area contributed by atoms with Crippen LogP contribution in [0, 0.1) is 0 Å². The van der Waals surface area contributed by atoms with E-state index in [1.165, 1.54) is 6.08 Å². The zero-order valence-electron chi connectivity index (χ0n) is 7.93. The Morgan fingerprint density at radius 1 is 1.62 bits per heavy atom. The molecule has 0 radical (unpaired) electrons. The zero-order valence-corrected chi connectivity index (χ0v) is 9.93. The fourth-order valence-corrected chi connectivity index (χ4v) is 1.96. The molecule has 1 aliphatic heterocycles. The number of hydrogen-bond acceptors (Lipinski definition) is 3. The molecule has 4 nitrogen and oxygen atoms in total. The van der Waals surface area contributed by atoms with E-state index in [1.54, 1.807) is 0 Å². The molecule has 1 saturated heterocycles. The third kappa shape index (κ3) is 3.29. The van der Waals surface area contributed by atoms with Gasteiger partial charge in [-0.3, -0.25) is 10.2 Å². The quantitative estimate of drug-likeness (QED) is 0.349. The molecule has 0 aromatic rings. The van der Waals surface area contributed by atoms with E-state index in [1.807, 2.05) is 0 Å². The van der Waals surface area contributed by atoms with Crippen LogP contribution < -0.4 is 10.9 Å². The lowest BCUT2D eigenvalue weighted by Crippen LogP contribution is -2.57. The van der Waals surface area contributed by atoms with Crippen LogP contribution in [0.4, 0.5) is 0 Å². The maximum Gasteiger partial charge on any atom is 0.257 e. The Kier molecular flexibility index (Phi) is 3.65. The number of carbonyl (C=O) groups excluding carboxylic acids is 1. The van der Waals surface area contributed by atoms with E-state index in [2.05, 4.69) is 17.4 Å². The van der Waals surface area contributed by atoms with Gasteiger partial charge >= 0.3 is 0 Å². The summed E-state index contributed by atoms with van der Waals surface area (Å²) in [7, 11) is 0.856. The van der Waals surface area contributed by atoms with Crippen LogP contribution in [0.5, 0.6) is 0 Å². The van der Waals surface area contributed by atoms with Gasteiger partial charge in [0, 0.05) is 6.61 Å². The number of hydrazine groups is 1. The Hall–Kier alpha value is -0.653. The fourth-order valence-electron chi connectivity index (χ4n) is 1.28. The van der Waals surface area contributed by atoms with Crippen LogP contribution in [-0.2, 0) is 9.53 Å². The summed E-state index contributed by atoms with van der Waals surface area (Å²) in [5, 5.41) is -0.281. The number of amides is 1. The minimum absolute atomic E-state index is 0.218. The number of carbonyl (C=O) groups is 1. The molecule has 1 amide bonds. The van der Waals surface area contributed by atoms with Crippen molar-refractivity contribution in [2.24, 2.45) is 0 Å². The summed E-state index contributed by atoms with van der Waals surface area (Å²) in [6, 6.07) is 0. The van der Waals surface area contributed by atoms with Crippen LogP contribution in [-0.4, -0.2) is 28.1 Å². The molecule has 2 N–H and O–H groups in total. The second-order valence-electron chi connectivity index (χ2n) is 3.35. The normalized spacial score (nSPS) is 28.3. The Morgan fingerprint density at radius 2 is 2.38 bits per heavy atom. The molecule has 5 heteroatoms. The van der Waals surface area contributed by atoms with Crippen LogP contribution in [0.1, 0.15) is 19.3 Å². The van der Waals surface area contributed by atoms with Gasteiger partial charge < -0.3 is 4.74 Å². The molecule has 0 spiro atoms. The second kappa shape index (κ2) is 4.55. The zero-order chi connectivity index (χ0) is 9.73. The van der Waals surface area contributed by atoms with E-state index in [0.29, 0.717) is 0 Å². The molecule has 0 aromatic heterocycles. The van der Waals surface area contributed by atoms with Gasteiger partial charge in [-0.25, -0.2) is 5.43 Å². The number of ether oxygens (including phenoxy) is 1. The molecule has 74 valence electrons. The molecule has 0 aromatic carbocycles. The van der Waals surface area contributed by atoms with Crippen molar-refractivity contribution in [1.82, 2.24) is 10.9 Å². The topological polar surface area (TPSA) is 50.4 Å². The van der Waals surface area contributed by atoms with Gasteiger partial charge in [0.2, 0.25) is 0 Å². The Morgan fingerprint density at radius 3 is 2.92 bits per heavy atom. The first-order chi connectivity index (χ1) is 6.16. The average molecular weight is 200 g/mol. The monoisotopic (exact) mass is 200 g/mol. The van der Waals surface area contributed by atoms with Gasteiger partial charge in [0.25, 0.3) is 5.91 Å². The summed E-state index contributed by atoms with van der Waals surface area (Å²) in [5.74, 6) is -0.218. The first-order valence-electron chi connectivity index (χ1n) is 4.50. The van der Waals surface area contributed by atoms with Crippen LogP contribution in [0.25, 0.3) is 0 Å². The largest absolute Gasteiger partial charge is 0.363 e. The lowest BCUT2D eigenvalue weighted by atomic mass is 10.2. The maximum atomic E-state index is 10.9. The van der Waals surface area contributed by atoms with E-state index in [-0.39, 0.29) is 11.3 Å². The van der Waals surface area contributed by atoms with Crippen LogP contribution in [0.2, 0.25) is 0 Å². The predicted molar refractivity (Wildman–Crippen MR) is 53.9 cm³/mol. The summed E-state index contributed by atoms with van der Waals surface area (Å²) < 4.78 is 5.56. The average Bonchev–Trinajstić information content (AvgIpc) is 2.15. The Balaban J connectivity index is 2.32. The van der Waals surface area contributed by atoms with E-state index in [4.69, 9.17) is 4.74 Å². The first-order valence-corrected chi connectivity index (χ1v) is 5.50. The molecule has 0 saturated carbocycles. The Labute approximate surface area is 81.1 Å². The van der Waals surface area contributed by atoms with Gasteiger partial charge in [-0.05, 0) is 25.3 Å². The van der Waals surface area contributed by atoms with Gasteiger partial charge in [0.15, 0.2) is 0 Å². The van der Waals surface area contributed by atoms with Gasteiger partial charge in [-0.15, -0.1) is 0 Å². The molecule has 0 bridgehead atoms. The first kappa shape index (κ1) is 10.4. The molecule has 1 atom stereocenters. The third-order valence-corrected chi connectivity index (χ3v) is 3.14. The molecule has 13 heavy (non-hydrogen) atoms.